The van der Waals surface area contributed by atoms with E-state index in [9.17, 15) is 19.6 Å². The average molecular weight is 683 g/mol. The number of piperazine rings is 1. The largest absolute Gasteiger partial charge is 0.444 e. The SMILES string of the molecule is CC(C)(C)OC(=O)Nc1sc2c(F)ccc(-c3c(F)cc4c5c3c(F)nn5CC[C@H]3CN(C(=O)OC(C)(C)C)CCN3C4=O)c2c1C#N. The summed E-state index contributed by atoms with van der Waals surface area (Å²) in [5, 5.41) is 16.3. The van der Waals surface area contributed by atoms with Crippen molar-refractivity contribution < 1.29 is 37.0 Å². The van der Waals surface area contributed by atoms with Gasteiger partial charge < -0.3 is 19.3 Å². The molecule has 1 N–H and O–H groups in total. The summed E-state index contributed by atoms with van der Waals surface area (Å²) in [7, 11) is 0. The van der Waals surface area contributed by atoms with Crippen molar-refractivity contribution in [2.75, 3.05) is 25.0 Å². The second kappa shape index (κ2) is 11.7. The summed E-state index contributed by atoms with van der Waals surface area (Å²) in [6.45, 7) is 10.9. The van der Waals surface area contributed by atoms with E-state index in [0.717, 1.165) is 23.5 Å². The van der Waals surface area contributed by atoms with Crippen LogP contribution in [0.25, 0.3) is 32.1 Å². The Labute approximate surface area is 277 Å². The van der Waals surface area contributed by atoms with Crippen molar-refractivity contribution in [2.45, 2.75) is 71.8 Å². The van der Waals surface area contributed by atoms with Crippen LogP contribution < -0.4 is 5.32 Å². The predicted octanol–water partition coefficient (Wildman–Crippen LogP) is 7.02. The summed E-state index contributed by atoms with van der Waals surface area (Å²) in [5.74, 6) is -3.33. The van der Waals surface area contributed by atoms with Gasteiger partial charge in [0.05, 0.1) is 32.8 Å². The van der Waals surface area contributed by atoms with Gasteiger partial charge in [-0.25, -0.2) is 18.4 Å². The Kier molecular flexibility index (Phi) is 8.06. The fraction of sp³-hybridized carbons (Fsp3) is 0.424. The lowest BCUT2D eigenvalue weighted by Crippen LogP contribution is -2.57. The topological polar surface area (TPSA) is 130 Å². The number of carbonyl (C=O) groups excluding carboxylic acids is 3. The molecule has 2 aromatic heterocycles. The van der Waals surface area contributed by atoms with E-state index in [1.165, 1.54) is 15.6 Å². The third-order valence-electron chi connectivity index (χ3n) is 8.01. The van der Waals surface area contributed by atoms with Crippen LogP contribution in [0.3, 0.4) is 0 Å². The number of fused-ring (bicyclic) bond motifs is 2. The second-order valence-corrected chi connectivity index (χ2v) is 14.8. The van der Waals surface area contributed by atoms with Crippen molar-refractivity contribution in [1.82, 2.24) is 19.6 Å². The summed E-state index contributed by atoms with van der Waals surface area (Å²) >= 11 is 0.757. The summed E-state index contributed by atoms with van der Waals surface area (Å²) in [6, 6.07) is 4.81. The number of aryl methyl sites for hydroxylation is 1. The van der Waals surface area contributed by atoms with Crippen molar-refractivity contribution in [3.05, 3.63) is 46.9 Å². The second-order valence-electron chi connectivity index (χ2n) is 13.7. The third-order valence-corrected chi connectivity index (χ3v) is 9.12. The summed E-state index contributed by atoms with van der Waals surface area (Å²) in [4.78, 5) is 42.4. The molecule has 0 aliphatic carbocycles. The maximum Gasteiger partial charge on any atom is 0.412 e. The molecule has 4 aromatic rings. The van der Waals surface area contributed by atoms with Gasteiger partial charge in [0.15, 0.2) is 0 Å². The normalized spacial score (nSPS) is 16.8. The molecule has 3 amide bonds. The van der Waals surface area contributed by atoms with Crippen molar-refractivity contribution in [3.8, 4) is 17.2 Å². The molecule has 1 saturated heterocycles. The number of carbonyl (C=O) groups is 3. The van der Waals surface area contributed by atoms with Crippen molar-refractivity contribution in [3.63, 3.8) is 0 Å². The van der Waals surface area contributed by atoms with E-state index in [1.54, 1.807) is 46.4 Å². The van der Waals surface area contributed by atoms with Crippen LogP contribution in [-0.4, -0.2) is 74.6 Å². The van der Waals surface area contributed by atoms with Gasteiger partial charge in [0.25, 0.3) is 5.91 Å². The Morgan fingerprint density at radius 3 is 2.38 bits per heavy atom. The minimum absolute atomic E-state index is 0.0164. The van der Waals surface area contributed by atoms with Crippen LogP contribution in [0.1, 0.15) is 63.9 Å². The molecule has 252 valence electrons. The van der Waals surface area contributed by atoms with Gasteiger partial charge in [0.2, 0.25) is 5.95 Å². The first-order chi connectivity index (χ1) is 22.5. The van der Waals surface area contributed by atoms with E-state index >= 15 is 13.2 Å². The van der Waals surface area contributed by atoms with Crippen LogP contribution in [0, 0.1) is 28.9 Å². The first kappa shape index (κ1) is 33.1. The minimum atomic E-state index is -1.05. The van der Waals surface area contributed by atoms with E-state index in [1.807, 2.05) is 6.07 Å². The molecule has 4 heterocycles. The lowest BCUT2D eigenvalue weighted by atomic mass is 9.93. The molecule has 1 atom stereocenters. The van der Waals surface area contributed by atoms with Gasteiger partial charge in [-0.2, -0.15) is 9.65 Å². The van der Waals surface area contributed by atoms with Crippen LogP contribution in [0.2, 0.25) is 0 Å². The van der Waals surface area contributed by atoms with Crippen LogP contribution in [-0.2, 0) is 16.0 Å². The highest BCUT2D eigenvalue weighted by Gasteiger charge is 2.38. The highest BCUT2D eigenvalue weighted by atomic mass is 32.1. The zero-order valence-electron chi connectivity index (χ0n) is 27.2. The van der Waals surface area contributed by atoms with Crippen molar-refractivity contribution in [1.29, 1.82) is 5.26 Å². The molecule has 0 bridgehead atoms. The number of amides is 3. The molecule has 1 fully saturated rings. The number of nitrogens with one attached hydrogen (secondary N) is 1. The van der Waals surface area contributed by atoms with Gasteiger partial charge >= 0.3 is 12.2 Å². The highest BCUT2D eigenvalue weighted by Crippen LogP contribution is 2.46. The molecule has 2 aromatic carbocycles. The first-order valence-electron chi connectivity index (χ1n) is 15.3. The quantitative estimate of drug-likeness (QED) is 0.241. The molecule has 0 radical (unpaired) electrons. The van der Waals surface area contributed by atoms with Crippen molar-refractivity contribution >= 4 is 55.4 Å². The van der Waals surface area contributed by atoms with Gasteiger partial charge in [-0.3, -0.25) is 14.8 Å². The van der Waals surface area contributed by atoms with Gasteiger partial charge in [-0.1, -0.05) is 6.07 Å². The Morgan fingerprint density at radius 2 is 1.71 bits per heavy atom. The summed E-state index contributed by atoms with van der Waals surface area (Å²) < 4.78 is 59.5. The lowest BCUT2D eigenvalue weighted by molar-refractivity contribution is 0.00274. The number of ether oxygens (including phenoxy) is 2. The molecule has 2 aliphatic heterocycles. The lowest BCUT2D eigenvalue weighted by Gasteiger charge is -2.42. The Hall–Kier alpha value is -4.84. The minimum Gasteiger partial charge on any atom is -0.444 e. The van der Waals surface area contributed by atoms with Crippen LogP contribution >= 0.6 is 11.3 Å². The monoisotopic (exact) mass is 682 g/mol. The molecule has 0 spiro atoms. The number of thiophene rings is 1. The van der Waals surface area contributed by atoms with Crippen LogP contribution in [0.5, 0.6) is 0 Å². The van der Waals surface area contributed by atoms with E-state index in [0.29, 0.717) is 6.42 Å². The van der Waals surface area contributed by atoms with Crippen LogP contribution in [0.4, 0.5) is 27.8 Å². The average Bonchev–Trinajstić information content (AvgIpc) is 3.51. The predicted molar refractivity (Wildman–Crippen MR) is 172 cm³/mol. The van der Waals surface area contributed by atoms with E-state index in [4.69, 9.17) is 9.47 Å². The Morgan fingerprint density at radius 1 is 1.00 bits per heavy atom. The Bertz CT molecular complexity index is 2060. The smallest absolute Gasteiger partial charge is 0.412 e. The zero-order chi connectivity index (χ0) is 34.9. The molecule has 0 saturated carbocycles. The molecular weight excluding hydrogens is 649 g/mol. The van der Waals surface area contributed by atoms with Gasteiger partial charge in [0, 0.05) is 37.1 Å². The number of anilines is 1. The summed E-state index contributed by atoms with van der Waals surface area (Å²) in [5.41, 5.74) is -2.11. The van der Waals surface area contributed by atoms with E-state index < -0.39 is 52.9 Å². The number of halogens is 3. The number of nitriles is 1. The number of aromatic nitrogens is 2. The highest BCUT2D eigenvalue weighted by molar-refractivity contribution is 7.23. The van der Waals surface area contributed by atoms with Crippen LogP contribution in [0.15, 0.2) is 18.2 Å². The molecule has 48 heavy (non-hydrogen) atoms. The molecular formula is C33H33F3N6O5S. The van der Waals surface area contributed by atoms with Crippen molar-refractivity contribution in [2.24, 2.45) is 0 Å². The maximum atomic E-state index is 16.4. The van der Waals surface area contributed by atoms with E-state index in [-0.39, 0.29) is 74.4 Å². The van der Waals surface area contributed by atoms with E-state index in [2.05, 4.69) is 10.4 Å². The number of nitrogens with zero attached hydrogens (tertiary/aromatic N) is 5. The number of hydrogen-bond acceptors (Lipinski definition) is 8. The van der Waals surface area contributed by atoms with Gasteiger partial charge in [-0.15, -0.1) is 16.4 Å². The van der Waals surface area contributed by atoms with Gasteiger partial charge in [0.1, 0.15) is 33.9 Å². The molecule has 11 nitrogen and oxygen atoms in total. The number of rotatable bonds is 2. The fourth-order valence-corrected chi connectivity index (χ4v) is 7.23. The zero-order valence-corrected chi connectivity index (χ0v) is 28.0. The molecule has 0 unspecified atom stereocenters. The molecule has 6 rings (SSSR count). The standard InChI is InChI=1S/C33H33F3N6O5S/c1-32(2,3)46-30(44)38-28-19(14-37)22-17(7-8-20(34)26(22)48-28)23-21(35)13-18-25-24(23)27(36)39-42(25)10-9-16-15-40(11-12-41(16)29(18)43)31(45)47-33(4,5)6/h7-8,13,16H,9-12,15H2,1-6H3,(H,38,44)/t16-/m0/s1. The third kappa shape index (κ3) is 5.89. The van der Waals surface area contributed by atoms with Gasteiger partial charge in [-0.05, 0) is 65.7 Å². The molecule has 2 aliphatic rings. The summed E-state index contributed by atoms with van der Waals surface area (Å²) in [6.07, 6.45) is -1.08. The number of benzene rings is 2. The fourth-order valence-electron chi connectivity index (χ4n) is 6.16. The Balaban J connectivity index is 1.45. The molecule has 15 heteroatoms. The maximum absolute atomic E-state index is 16.4. The number of hydrogen-bond donors (Lipinski definition) is 1. The first-order valence-corrected chi connectivity index (χ1v) is 16.1.